The number of allylic oxidation sites excluding steroid dienone is 3. The predicted molar refractivity (Wildman–Crippen MR) is 109 cm³/mol. The third kappa shape index (κ3) is 3.42. The van der Waals surface area contributed by atoms with Crippen molar-refractivity contribution in [2.75, 3.05) is 0 Å². The van der Waals surface area contributed by atoms with Crippen molar-refractivity contribution < 1.29 is 0 Å². The molecule has 0 bridgehead atoms. The molecule has 0 amide bonds. The number of nitrogens with zero attached hydrogens (tertiary/aromatic N) is 4. The summed E-state index contributed by atoms with van der Waals surface area (Å²) in [6.07, 6.45) is 3.34. The first-order valence-corrected chi connectivity index (χ1v) is 8.70. The molecule has 0 N–H and O–H groups in total. The van der Waals surface area contributed by atoms with Crippen molar-refractivity contribution in [2.24, 2.45) is 7.05 Å². The van der Waals surface area contributed by atoms with Gasteiger partial charge in [0.1, 0.15) is 17.7 Å². The summed E-state index contributed by atoms with van der Waals surface area (Å²) in [5.74, 6) is 0. The second kappa shape index (κ2) is 8.07. The van der Waals surface area contributed by atoms with Gasteiger partial charge in [0.2, 0.25) is 0 Å². The van der Waals surface area contributed by atoms with Gasteiger partial charge < -0.3 is 0 Å². The van der Waals surface area contributed by atoms with Gasteiger partial charge in [-0.1, -0.05) is 54.6 Å². The molecule has 136 valence electrons. The summed E-state index contributed by atoms with van der Waals surface area (Å²) < 4.78 is 3.38. The van der Waals surface area contributed by atoms with Crippen LogP contribution in [0.5, 0.6) is 0 Å². The highest BCUT2D eigenvalue weighted by molar-refractivity contribution is 5.85. The quantitative estimate of drug-likeness (QED) is 0.517. The van der Waals surface area contributed by atoms with E-state index in [0.717, 1.165) is 16.9 Å². The first-order valence-electron chi connectivity index (χ1n) is 8.70. The lowest BCUT2D eigenvalue weighted by Crippen LogP contribution is -2.20. The molecule has 0 saturated heterocycles. The van der Waals surface area contributed by atoms with E-state index in [1.165, 1.54) is 0 Å². The summed E-state index contributed by atoms with van der Waals surface area (Å²) in [6, 6.07) is 22.5. The van der Waals surface area contributed by atoms with Crippen molar-refractivity contribution in [3.05, 3.63) is 99.5 Å². The lowest BCUT2D eigenvalue weighted by Gasteiger charge is -2.07. The molecule has 28 heavy (non-hydrogen) atoms. The third-order valence-electron chi connectivity index (χ3n) is 4.59. The molecule has 0 atom stereocenters. The van der Waals surface area contributed by atoms with Gasteiger partial charge in [-0.25, -0.2) is 4.68 Å². The minimum Gasteiger partial charge on any atom is -0.285 e. The summed E-state index contributed by atoms with van der Waals surface area (Å²) in [6.45, 7) is 1.86. The molecule has 2 aromatic carbocycles. The summed E-state index contributed by atoms with van der Waals surface area (Å²) in [4.78, 5) is 13.0. The number of aromatic nitrogens is 2. The summed E-state index contributed by atoms with van der Waals surface area (Å²) in [5.41, 5.74) is 3.13. The number of benzene rings is 2. The highest BCUT2D eigenvalue weighted by atomic mass is 16.1. The zero-order valence-corrected chi connectivity index (χ0v) is 15.6. The van der Waals surface area contributed by atoms with E-state index < -0.39 is 0 Å². The number of hydrogen-bond acceptors (Lipinski definition) is 3. The molecule has 0 spiro atoms. The Labute approximate surface area is 163 Å². The zero-order chi connectivity index (χ0) is 20.1. The second-order valence-corrected chi connectivity index (χ2v) is 6.19. The highest BCUT2D eigenvalue weighted by Gasteiger charge is 2.14. The number of hydrogen-bond donors (Lipinski definition) is 0. The first-order chi connectivity index (χ1) is 13.6. The van der Waals surface area contributed by atoms with Gasteiger partial charge in [-0.3, -0.25) is 9.48 Å². The van der Waals surface area contributed by atoms with Crippen LogP contribution in [0.25, 0.3) is 17.3 Å². The fraction of sp³-hybridized carbons (Fsp3) is 0.0870. The van der Waals surface area contributed by atoms with Crippen LogP contribution in [-0.4, -0.2) is 9.36 Å². The molecule has 0 aliphatic rings. The second-order valence-electron chi connectivity index (χ2n) is 6.19. The van der Waals surface area contributed by atoms with E-state index in [1.54, 1.807) is 21.5 Å². The lowest BCUT2D eigenvalue weighted by atomic mass is 10.00. The van der Waals surface area contributed by atoms with Crippen LogP contribution < -0.4 is 5.56 Å². The molecule has 0 unspecified atom stereocenters. The van der Waals surface area contributed by atoms with Crippen molar-refractivity contribution in [2.45, 2.75) is 6.92 Å². The van der Waals surface area contributed by atoms with E-state index in [9.17, 15) is 15.3 Å². The van der Waals surface area contributed by atoms with E-state index in [-0.39, 0.29) is 11.1 Å². The SMILES string of the molecule is Cc1c(/C=C/C(=C(C#N)C#N)c2ccccc2)c(=O)n(-c2ccccc2)n1C. The van der Waals surface area contributed by atoms with Crippen LogP contribution in [-0.2, 0) is 7.05 Å². The smallest absolute Gasteiger partial charge is 0.278 e. The molecule has 0 aliphatic heterocycles. The number of para-hydroxylation sites is 1. The van der Waals surface area contributed by atoms with Gasteiger partial charge in [0.05, 0.1) is 11.3 Å². The first kappa shape index (κ1) is 18.7. The zero-order valence-electron chi connectivity index (χ0n) is 15.6. The largest absolute Gasteiger partial charge is 0.285 e. The predicted octanol–water partition coefficient (Wildman–Crippen LogP) is 4.00. The minimum atomic E-state index is -0.162. The summed E-state index contributed by atoms with van der Waals surface area (Å²) >= 11 is 0. The Kier molecular flexibility index (Phi) is 5.39. The Balaban J connectivity index is 2.14. The molecule has 0 radical (unpaired) electrons. The van der Waals surface area contributed by atoms with Gasteiger partial charge in [0, 0.05) is 18.3 Å². The van der Waals surface area contributed by atoms with Gasteiger partial charge in [-0.05, 0) is 30.7 Å². The average Bonchev–Trinajstić information content (AvgIpc) is 2.95. The Morgan fingerprint density at radius 3 is 2.11 bits per heavy atom. The van der Waals surface area contributed by atoms with Crippen molar-refractivity contribution in [1.82, 2.24) is 9.36 Å². The van der Waals surface area contributed by atoms with E-state index in [0.29, 0.717) is 11.1 Å². The maximum absolute atomic E-state index is 13.0. The summed E-state index contributed by atoms with van der Waals surface area (Å²) in [5, 5.41) is 18.7. The van der Waals surface area contributed by atoms with Crippen LogP contribution in [0.3, 0.4) is 0 Å². The van der Waals surface area contributed by atoms with Crippen LogP contribution in [0.4, 0.5) is 0 Å². The van der Waals surface area contributed by atoms with Gasteiger partial charge in [0.25, 0.3) is 5.56 Å². The van der Waals surface area contributed by atoms with Gasteiger partial charge >= 0.3 is 0 Å². The average molecular weight is 366 g/mol. The summed E-state index contributed by atoms with van der Waals surface area (Å²) in [7, 11) is 1.82. The van der Waals surface area contributed by atoms with Crippen molar-refractivity contribution in [3.63, 3.8) is 0 Å². The van der Waals surface area contributed by atoms with E-state index in [4.69, 9.17) is 0 Å². The fourth-order valence-corrected chi connectivity index (χ4v) is 3.03. The number of rotatable bonds is 4. The monoisotopic (exact) mass is 366 g/mol. The maximum Gasteiger partial charge on any atom is 0.278 e. The maximum atomic E-state index is 13.0. The van der Waals surface area contributed by atoms with Crippen molar-refractivity contribution >= 4 is 11.6 Å². The molecule has 0 fully saturated rings. The van der Waals surface area contributed by atoms with Gasteiger partial charge in [0.15, 0.2) is 0 Å². The molecule has 1 aromatic heterocycles. The molecule has 0 aliphatic carbocycles. The van der Waals surface area contributed by atoms with Gasteiger partial charge in [-0.2, -0.15) is 10.5 Å². The lowest BCUT2D eigenvalue weighted by molar-refractivity contribution is 0.630. The highest BCUT2D eigenvalue weighted by Crippen LogP contribution is 2.21. The topological polar surface area (TPSA) is 74.5 Å². The van der Waals surface area contributed by atoms with Gasteiger partial charge in [-0.15, -0.1) is 0 Å². The molecule has 1 heterocycles. The fourth-order valence-electron chi connectivity index (χ4n) is 3.03. The van der Waals surface area contributed by atoms with Crippen molar-refractivity contribution in [3.8, 4) is 17.8 Å². The van der Waals surface area contributed by atoms with Crippen LogP contribution in [0.1, 0.15) is 16.8 Å². The standard InChI is InChI=1S/C23H18N4O/c1-17-21(23(28)27(26(17)2)20-11-7-4-8-12-20)13-14-22(19(15-24)16-25)18-9-5-3-6-10-18/h3-14H,1-2H3/b14-13+. The molecule has 3 aromatic rings. The third-order valence-corrected chi connectivity index (χ3v) is 4.59. The van der Waals surface area contributed by atoms with Crippen LogP contribution in [0, 0.1) is 29.6 Å². The Bertz CT molecular complexity index is 1180. The van der Waals surface area contributed by atoms with Crippen molar-refractivity contribution in [1.29, 1.82) is 10.5 Å². The van der Waals surface area contributed by atoms with Crippen LogP contribution in [0.2, 0.25) is 0 Å². The van der Waals surface area contributed by atoms with Crippen LogP contribution in [0.15, 0.2) is 77.1 Å². The molecular formula is C23H18N4O. The normalized spacial score (nSPS) is 10.4. The van der Waals surface area contributed by atoms with E-state index >= 15 is 0 Å². The molecule has 5 heteroatoms. The van der Waals surface area contributed by atoms with E-state index in [1.807, 2.05) is 86.8 Å². The Morgan fingerprint density at radius 1 is 0.964 bits per heavy atom. The molecule has 5 nitrogen and oxygen atoms in total. The Hall–Kier alpha value is -4.09. The minimum absolute atomic E-state index is 0.000538. The van der Waals surface area contributed by atoms with E-state index in [2.05, 4.69) is 0 Å². The van der Waals surface area contributed by atoms with Crippen LogP contribution >= 0.6 is 0 Å². The molecular weight excluding hydrogens is 348 g/mol. The number of nitriles is 2. The Morgan fingerprint density at radius 2 is 1.54 bits per heavy atom. The molecule has 0 saturated carbocycles. The molecule has 3 rings (SSSR count).